The van der Waals surface area contributed by atoms with Crippen LogP contribution in [0.15, 0.2) is 18.3 Å². The van der Waals surface area contributed by atoms with Gasteiger partial charge in [0.2, 0.25) is 0 Å². The Balaban J connectivity index is 2.32. The van der Waals surface area contributed by atoms with Crippen molar-refractivity contribution in [3.05, 3.63) is 24.0 Å². The van der Waals surface area contributed by atoms with Crippen LogP contribution in [0.25, 0.3) is 0 Å². The molecule has 0 saturated carbocycles. The third-order valence-electron chi connectivity index (χ3n) is 2.18. The van der Waals surface area contributed by atoms with E-state index in [1.165, 1.54) is 7.11 Å². The number of carbonyl (C=O) groups excluding carboxylic acids is 1. The Morgan fingerprint density at radius 3 is 3.11 bits per heavy atom. The number of aromatic nitrogens is 1. The van der Waals surface area contributed by atoms with Crippen LogP contribution in [0.4, 0.5) is 5.69 Å². The van der Waals surface area contributed by atoms with Crippen molar-refractivity contribution in [2.45, 2.75) is 6.42 Å². The number of thioether (sulfide) groups is 1. The van der Waals surface area contributed by atoms with Gasteiger partial charge in [-0.15, -0.1) is 0 Å². The fourth-order valence-electron chi connectivity index (χ4n) is 1.29. The summed E-state index contributed by atoms with van der Waals surface area (Å²) in [6.45, 7) is 1.05. The lowest BCUT2D eigenvalue weighted by Crippen LogP contribution is -2.08. The van der Waals surface area contributed by atoms with E-state index in [0.29, 0.717) is 5.69 Å². The minimum Gasteiger partial charge on any atom is -0.464 e. The van der Waals surface area contributed by atoms with E-state index in [2.05, 4.69) is 15.0 Å². The Morgan fingerprint density at radius 2 is 2.39 bits per heavy atom. The van der Waals surface area contributed by atoms with Crippen molar-refractivity contribution < 1.29 is 14.6 Å². The first kappa shape index (κ1) is 14.8. The molecule has 1 aromatic rings. The summed E-state index contributed by atoms with van der Waals surface area (Å²) in [5.41, 5.74) is 1.16. The highest BCUT2D eigenvalue weighted by Crippen LogP contribution is 2.09. The molecule has 0 unspecified atom stereocenters. The Bertz CT molecular complexity index is 374. The Labute approximate surface area is 111 Å². The Hall–Kier alpha value is -1.27. The van der Waals surface area contributed by atoms with Gasteiger partial charge in [0.05, 0.1) is 7.11 Å². The summed E-state index contributed by atoms with van der Waals surface area (Å²) >= 11 is 1.78. The van der Waals surface area contributed by atoms with Gasteiger partial charge in [-0.3, -0.25) is 0 Å². The molecule has 0 saturated heterocycles. The predicted molar refractivity (Wildman–Crippen MR) is 73.1 cm³/mol. The number of nitrogens with zero attached hydrogens (tertiary/aromatic N) is 1. The molecule has 0 aliphatic heterocycles. The van der Waals surface area contributed by atoms with Crippen molar-refractivity contribution in [3.63, 3.8) is 0 Å². The van der Waals surface area contributed by atoms with Gasteiger partial charge in [-0.25, -0.2) is 9.78 Å². The molecule has 0 amide bonds. The zero-order valence-corrected chi connectivity index (χ0v) is 11.2. The summed E-state index contributed by atoms with van der Waals surface area (Å²) in [5, 5.41) is 11.8. The van der Waals surface area contributed by atoms with E-state index >= 15 is 0 Å². The maximum absolute atomic E-state index is 11.3. The lowest BCUT2D eigenvalue weighted by atomic mass is 10.3. The van der Waals surface area contributed by atoms with Crippen LogP contribution in [-0.4, -0.2) is 47.8 Å². The molecule has 1 aromatic heterocycles. The van der Waals surface area contributed by atoms with Crippen LogP contribution >= 0.6 is 11.8 Å². The topological polar surface area (TPSA) is 71.5 Å². The number of methoxy groups -OCH3 is 1. The normalized spacial score (nSPS) is 10.1. The van der Waals surface area contributed by atoms with Crippen LogP contribution in [0.3, 0.4) is 0 Å². The van der Waals surface area contributed by atoms with Crippen LogP contribution in [-0.2, 0) is 4.74 Å². The highest BCUT2D eigenvalue weighted by atomic mass is 32.2. The summed E-state index contributed by atoms with van der Waals surface area (Å²) in [4.78, 5) is 15.2. The first-order chi connectivity index (χ1) is 8.77. The van der Waals surface area contributed by atoms with E-state index < -0.39 is 5.97 Å². The first-order valence-electron chi connectivity index (χ1n) is 5.74. The van der Waals surface area contributed by atoms with Crippen molar-refractivity contribution in [1.29, 1.82) is 0 Å². The number of esters is 1. The zero-order valence-electron chi connectivity index (χ0n) is 10.4. The molecule has 0 aliphatic rings. The quantitative estimate of drug-likeness (QED) is 0.549. The van der Waals surface area contributed by atoms with Gasteiger partial charge in [0.15, 0.2) is 0 Å². The second kappa shape index (κ2) is 8.77. The molecular weight excluding hydrogens is 252 g/mol. The standard InChI is InChI=1S/C12H18N2O3S/c1-17-12(16)11-9-10(3-4-14-11)13-5-8-18-7-2-6-15/h3-4,9,15H,2,5-8H2,1H3,(H,13,14). The second-order valence-corrected chi connectivity index (χ2v) is 4.76. The third kappa shape index (κ3) is 5.37. The molecular formula is C12H18N2O3S. The van der Waals surface area contributed by atoms with E-state index in [-0.39, 0.29) is 6.61 Å². The van der Waals surface area contributed by atoms with Crippen LogP contribution in [0, 0.1) is 0 Å². The molecule has 0 atom stereocenters. The molecule has 0 aliphatic carbocycles. The van der Waals surface area contributed by atoms with Crippen LogP contribution in [0.1, 0.15) is 16.9 Å². The molecule has 0 bridgehead atoms. The molecule has 2 N–H and O–H groups in total. The fourth-order valence-corrected chi connectivity index (χ4v) is 2.08. The molecule has 18 heavy (non-hydrogen) atoms. The van der Waals surface area contributed by atoms with Gasteiger partial charge in [0, 0.05) is 30.8 Å². The summed E-state index contributed by atoms with van der Waals surface area (Å²) in [5.74, 6) is 1.48. The SMILES string of the molecule is COC(=O)c1cc(NCCSCCCO)ccn1. The zero-order chi connectivity index (χ0) is 13.2. The number of ether oxygens (including phenoxy) is 1. The van der Waals surface area contributed by atoms with Crippen molar-refractivity contribution in [2.24, 2.45) is 0 Å². The van der Waals surface area contributed by atoms with Gasteiger partial charge in [0.25, 0.3) is 0 Å². The average Bonchev–Trinajstić information content (AvgIpc) is 2.42. The number of hydrogen-bond donors (Lipinski definition) is 2. The molecule has 0 spiro atoms. The van der Waals surface area contributed by atoms with Gasteiger partial charge >= 0.3 is 5.97 Å². The number of carbonyl (C=O) groups is 1. The number of rotatable bonds is 8. The summed E-state index contributed by atoms with van der Waals surface area (Å²) in [6.07, 6.45) is 2.40. The Morgan fingerprint density at radius 1 is 1.56 bits per heavy atom. The van der Waals surface area contributed by atoms with E-state index in [0.717, 1.165) is 30.2 Å². The highest BCUT2D eigenvalue weighted by molar-refractivity contribution is 7.99. The molecule has 5 nitrogen and oxygen atoms in total. The summed E-state index contributed by atoms with van der Waals surface area (Å²) in [6, 6.07) is 3.48. The van der Waals surface area contributed by atoms with Gasteiger partial charge in [-0.05, 0) is 24.3 Å². The molecule has 1 heterocycles. The van der Waals surface area contributed by atoms with Gasteiger partial charge < -0.3 is 15.2 Å². The number of aliphatic hydroxyl groups is 1. The van der Waals surface area contributed by atoms with Gasteiger partial charge in [0.1, 0.15) is 5.69 Å². The lowest BCUT2D eigenvalue weighted by Gasteiger charge is -2.07. The second-order valence-electron chi connectivity index (χ2n) is 3.54. The van der Waals surface area contributed by atoms with E-state index in [1.54, 1.807) is 24.0 Å². The largest absolute Gasteiger partial charge is 0.464 e. The molecule has 1 rings (SSSR count). The number of pyridine rings is 1. The number of aliphatic hydroxyl groups excluding tert-OH is 1. The monoisotopic (exact) mass is 270 g/mol. The number of hydrogen-bond acceptors (Lipinski definition) is 6. The van der Waals surface area contributed by atoms with E-state index in [4.69, 9.17) is 5.11 Å². The average molecular weight is 270 g/mol. The number of anilines is 1. The molecule has 6 heteroatoms. The highest BCUT2D eigenvalue weighted by Gasteiger charge is 2.06. The number of nitrogens with one attached hydrogen (secondary N) is 1. The minimum atomic E-state index is -0.434. The lowest BCUT2D eigenvalue weighted by molar-refractivity contribution is 0.0594. The summed E-state index contributed by atoms with van der Waals surface area (Å²) < 4.78 is 4.60. The predicted octanol–water partition coefficient (Wildman–Crippen LogP) is 1.40. The summed E-state index contributed by atoms with van der Waals surface area (Å²) in [7, 11) is 1.34. The first-order valence-corrected chi connectivity index (χ1v) is 6.90. The van der Waals surface area contributed by atoms with Gasteiger partial charge in [-0.1, -0.05) is 0 Å². The van der Waals surface area contributed by atoms with Crippen LogP contribution in [0.5, 0.6) is 0 Å². The van der Waals surface area contributed by atoms with Crippen molar-refractivity contribution >= 4 is 23.4 Å². The van der Waals surface area contributed by atoms with Gasteiger partial charge in [-0.2, -0.15) is 11.8 Å². The molecule has 0 aromatic carbocycles. The minimum absolute atomic E-state index is 0.243. The Kier molecular flexibility index (Phi) is 7.20. The fraction of sp³-hybridized carbons (Fsp3) is 0.500. The van der Waals surface area contributed by atoms with E-state index in [1.807, 2.05) is 6.07 Å². The van der Waals surface area contributed by atoms with Crippen molar-refractivity contribution in [3.8, 4) is 0 Å². The maximum atomic E-state index is 11.3. The van der Waals surface area contributed by atoms with Crippen LogP contribution in [0.2, 0.25) is 0 Å². The van der Waals surface area contributed by atoms with Crippen molar-refractivity contribution in [1.82, 2.24) is 4.98 Å². The van der Waals surface area contributed by atoms with Crippen molar-refractivity contribution in [2.75, 3.05) is 37.1 Å². The van der Waals surface area contributed by atoms with Crippen LogP contribution < -0.4 is 5.32 Å². The van der Waals surface area contributed by atoms with E-state index in [9.17, 15) is 4.79 Å². The molecule has 100 valence electrons. The molecule has 0 radical (unpaired) electrons. The maximum Gasteiger partial charge on any atom is 0.356 e. The molecule has 0 fully saturated rings. The smallest absolute Gasteiger partial charge is 0.356 e. The third-order valence-corrected chi connectivity index (χ3v) is 3.25.